The van der Waals surface area contributed by atoms with Crippen LogP contribution >= 0.6 is 23.4 Å². The normalized spacial score (nSPS) is 12.0. The largest absolute Gasteiger partial charge is 0.349 e. The van der Waals surface area contributed by atoms with Crippen LogP contribution in [0.2, 0.25) is 5.02 Å². The van der Waals surface area contributed by atoms with Crippen molar-refractivity contribution in [1.29, 1.82) is 0 Å². The predicted molar refractivity (Wildman–Crippen MR) is 110 cm³/mol. The number of hydrogen-bond donors (Lipinski definition) is 2. The highest BCUT2D eigenvalue weighted by molar-refractivity contribution is 7.99. The van der Waals surface area contributed by atoms with E-state index in [-0.39, 0.29) is 17.7 Å². The Hall–Kier alpha value is -2.31. The number of aromatic nitrogens is 3. The van der Waals surface area contributed by atoms with Gasteiger partial charge in [0, 0.05) is 10.6 Å². The van der Waals surface area contributed by atoms with Gasteiger partial charge in [-0.05, 0) is 36.6 Å². The van der Waals surface area contributed by atoms with Gasteiger partial charge < -0.3 is 5.32 Å². The molecule has 0 unspecified atom stereocenters. The fourth-order valence-electron chi connectivity index (χ4n) is 2.59. The van der Waals surface area contributed by atoms with Crippen molar-refractivity contribution in [1.82, 2.24) is 20.5 Å². The number of carbonyl (C=O) groups is 1. The first-order valence-electron chi connectivity index (χ1n) is 8.74. The number of H-pyrrole nitrogens is 1. The third-order valence-corrected chi connectivity index (χ3v) is 5.28. The fraction of sp³-hybridized carbons (Fsp3) is 0.250. The lowest BCUT2D eigenvalue weighted by atomic mass is 10.1. The van der Waals surface area contributed by atoms with Crippen molar-refractivity contribution in [2.24, 2.45) is 0 Å². The minimum Gasteiger partial charge on any atom is -0.349 e. The highest BCUT2D eigenvalue weighted by Gasteiger charge is 2.12. The number of nitrogens with one attached hydrogen (secondary N) is 2. The molecule has 0 bridgehead atoms. The Kier molecular flexibility index (Phi) is 6.53. The van der Waals surface area contributed by atoms with Gasteiger partial charge in [-0.2, -0.15) is 0 Å². The van der Waals surface area contributed by atoms with Gasteiger partial charge in [-0.1, -0.05) is 66.7 Å². The summed E-state index contributed by atoms with van der Waals surface area (Å²) in [6, 6.07) is 15.6. The maximum absolute atomic E-state index is 12.2. The predicted octanol–water partition coefficient (Wildman–Crippen LogP) is 4.66. The molecule has 0 saturated carbocycles. The van der Waals surface area contributed by atoms with E-state index in [2.05, 4.69) is 39.6 Å². The molecule has 2 aromatic carbocycles. The van der Waals surface area contributed by atoms with E-state index in [4.69, 9.17) is 11.6 Å². The molecule has 0 spiro atoms. The number of aryl methyl sites for hydroxylation is 1. The van der Waals surface area contributed by atoms with Gasteiger partial charge in [-0.15, -0.1) is 5.10 Å². The number of nitrogens with zero attached hydrogens (tertiary/aromatic N) is 2. The van der Waals surface area contributed by atoms with Crippen LogP contribution in [0.4, 0.5) is 0 Å². The number of amides is 1. The van der Waals surface area contributed by atoms with E-state index < -0.39 is 0 Å². The molecule has 7 heteroatoms. The Morgan fingerprint density at radius 2 is 1.89 bits per heavy atom. The summed E-state index contributed by atoms with van der Waals surface area (Å²) in [6.07, 6.45) is 1.00. The van der Waals surface area contributed by atoms with Crippen molar-refractivity contribution < 1.29 is 4.79 Å². The molecule has 0 radical (unpaired) electrons. The van der Waals surface area contributed by atoms with E-state index in [0.29, 0.717) is 16.0 Å². The first kappa shape index (κ1) is 19.5. The third kappa shape index (κ3) is 5.34. The Balaban J connectivity index is 1.53. The molecule has 0 aliphatic rings. The van der Waals surface area contributed by atoms with Crippen LogP contribution in [-0.2, 0) is 11.2 Å². The molecule has 1 heterocycles. The summed E-state index contributed by atoms with van der Waals surface area (Å²) in [5.41, 5.74) is 3.26. The highest BCUT2D eigenvalue weighted by atomic mass is 35.5. The van der Waals surface area contributed by atoms with Gasteiger partial charge in [0.2, 0.25) is 11.1 Å². The average molecular weight is 401 g/mol. The second-order valence-electron chi connectivity index (χ2n) is 6.15. The molecule has 1 atom stereocenters. The van der Waals surface area contributed by atoms with Crippen LogP contribution < -0.4 is 5.32 Å². The second-order valence-corrected chi connectivity index (χ2v) is 7.53. The average Bonchev–Trinajstić information content (AvgIpc) is 3.16. The van der Waals surface area contributed by atoms with Crippen molar-refractivity contribution in [3.63, 3.8) is 0 Å². The molecule has 0 aliphatic carbocycles. The molecule has 5 nitrogen and oxygen atoms in total. The van der Waals surface area contributed by atoms with Crippen LogP contribution in [0.25, 0.3) is 11.4 Å². The van der Waals surface area contributed by atoms with E-state index in [1.54, 1.807) is 0 Å². The molecule has 1 aromatic heterocycles. The second kappa shape index (κ2) is 9.06. The van der Waals surface area contributed by atoms with Gasteiger partial charge >= 0.3 is 0 Å². The lowest BCUT2D eigenvalue weighted by molar-refractivity contribution is -0.119. The molecular weight excluding hydrogens is 380 g/mol. The zero-order valence-corrected chi connectivity index (χ0v) is 16.8. The zero-order chi connectivity index (χ0) is 19.2. The van der Waals surface area contributed by atoms with Crippen LogP contribution in [0, 0.1) is 0 Å². The quantitative estimate of drug-likeness (QED) is 0.566. The molecule has 0 saturated heterocycles. The molecule has 27 heavy (non-hydrogen) atoms. The highest BCUT2D eigenvalue weighted by Crippen LogP contribution is 2.20. The smallest absolute Gasteiger partial charge is 0.230 e. The van der Waals surface area contributed by atoms with E-state index in [9.17, 15) is 4.79 Å². The van der Waals surface area contributed by atoms with E-state index in [1.807, 2.05) is 43.3 Å². The molecule has 0 fully saturated rings. The summed E-state index contributed by atoms with van der Waals surface area (Å²) in [5, 5.41) is 11.3. The minimum atomic E-state index is -0.0878. The number of benzene rings is 2. The molecule has 2 N–H and O–H groups in total. The Labute approximate surface area is 167 Å². The van der Waals surface area contributed by atoms with Crippen LogP contribution in [-0.4, -0.2) is 26.8 Å². The molecule has 3 rings (SSSR count). The van der Waals surface area contributed by atoms with Gasteiger partial charge in [0.15, 0.2) is 5.82 Å². The van der Waals surface area contributed by atoms with Crippen molar-refractivity contribution in [2.45, 2.75) is 31.5 Å². The number of halogens is 1. The molecule has 0 aliphatic heterocycles. The number of thioether (sulfide) groups is 1. The Morgan fingerprint density at radius 1 is 1.19 bits per heavy atom. The van der Waals surface area contributed by atoms with E-state index in [1.165, 1.54) is 17.3 Å². The first-order valence-corrected chi connectivity index (χ1v) is 10.1. The van der Waals surface area contributed by atoms with Gasteiger partial charge in [-0.25, -0.2) is 4.98 Å². The van der Waals surface area contributed by atoms with Gasteiger partial charge in [0.25, 0.3) is 0 Å². The van der Waals surface area contributed by atoms with Gasteiger partial charge in [-0.3, -0.25) is 9.89 Å². The molecule has 1 amide bonds. The maximum atomic E-state index is 12.2. The molecular formula is C20H21ClN4OS. The van der Waals surface area contributed by atoms with Crippen LogP contribution in [0.5, 0.6) is 0 Å². The summed E-state index contributed by atoms with van der Waals surface area (Å²) >= 11 is 7.20. The van der Waals surface area contributed by atoms with E-state index in [0.717, 1.165) is 17.5 Å². The van der Waals surface area contributed by atoms with Crippen LogP contribution in [0.3, 0.4) is 0 Å². The monoisotopic (exact) mass is 400 g/mol. The van der Waals surface area contributed by atoms with Crippen LogP contribution in [0.1, 0.15) is 31.0 Å². The van der Waals surface area contributed by atoms with Crippen molar-refractivity contribution in [3.05, 3.63) is 64.7 Å². The van der Waals surface area contributed by atoms with Gasteiger partial charge in [0.1, 0.15) is 0 Å². The lowest BCUT2D eigenvalue weighted by Crippen LogP contribution is -2.28. The Morgan fingerprint density at radius 3 is 2.56 bits per heavy atom. The molecule has 140 valence electrons. The summed E-state index contributed by atoms with van der Waals surface area (Å²) in [4.78, 5) is 16.6. The van der Waals surface area contributed by atoms with Crippen molar-refractivity contribution in [3.8, 4) is 11.4 Å². The Bertz CT molecular complexity index is 893. The minimum absolute atomic E-state index is 0.0684. The summed E-state index contributed by atoms with van der Waals surface area (Å²) in [6.45, 7) is 4.06. The lowest BCUT2D eigenvalue weighted by Gasteiger charge is -2.13. The van der Waals surface area contributed by atoms with Crippen molar-refractivity contribution in [2.75, 3.05) is 5.75 Å². The number of carbonyl (C=O) groups excluding carboxylic acids is 1. The summed E-state index contributed by atoms with van der Waals surface area (Å²) in [5.74, 6) is 0.889. The number of rotatable bonds is 7. The van der Waals surface area contributed by atoms with E-state index >= 15 is 0 Å². The first-order chi connectivity index (χ1) is 13.0. The maximum Gasteiger partial charge on any atom is 0.230 e. The molecule has 3 aromatic rings. The van der Waals surface area contributed by atoms with Crippen molar-refractivity contribution >= 4 is 29.3 Å². The number of hydrogen-bond acceptors (Lipinski definition) is 4. The van der Waals surface area contributed by atoms with Crippen LogP contribution in [0.15, 0.2) is 53.7 Å². The topological polar surface area (TPSA) is 70.7 Å². The third-order valence-electron chi connectivity index (χ3n) is 4.18. The summed E-state index contributed by atoms with van der Waals surface area (Å²) < 4.78 is 0. The zero-order valence-electron chi connectivity index (χ0n) is 15.2. The SMILES string of the molecule is CCc1ccc(-c2nc(SCC(=O)N[C@@H](C)c3ccc(Cl)cc3)n[nH]2)cc1. The standard InChI is InChI=1S/C20H21ClN4OS/c1-3-14-4-6-16(7-5-14)19-23-20(25-24-19)27-12-18(26)22-13(2)15-8-10-17(21)11-9-15/h4-11,13H,3,12H2,1-2H3,(H,22,26)(H,23,24,25)/t13-/m0/s1. The van der Waals surface area contributed by atoms with Gasteiger partial charge in [0.05, 0.1) is 11.8 Å². The number of aromatic amines is 1. The summed E-state index contributed by atoms with van der Waals surface area (Å²) in [7, 11) is 0. The fourth-order valence-corrected chi connectivity index (χ4v) is 3.32.